The predicted molar refractivity (Wildman–Crippen MR) is 127 cm³/mol. The molecule has 0 aliphatic carbocycles. The largest absolute Gasteiger partial charge is 0.490 e. The summed E-state index contributed by atoms with van der Waals surface area (Å²) in [6.07, 6.45) is 1.04. The number of benzene rings is 4. The molecule has 0 bridgehead atoms. The van der Waals surface area contributed by atoms with E-state index in [9.17, 15) is 8.42 Å². The minimum atomic E-state index is -3.57. The maximum atomic E-state index is 12.9. The molecule has 0 aliphatic heterocycles. The standard InChI is InChI=1S/C27H26O4S/c1-4-20(3)30-26-17-18-27(25-8-6-5-7-24(25)26)31-21-11-15-23(16-12-21)32(28,29)22-13-9-19(2)10-14-22/h5-18,20H,4H2,1-3H3. The van der Waals surface area contributed by atoms with Crippen LogP contribution in [0.3, 0.4) is 0 Å². The Morgan fingerprint density at radius 3 is 1.88 bits per heavy atom. The number of rotatable bonds is 7. The summed E-state index contributed by atoms with van der Waals surface area (Å²) < 4.78 is 37.9. The molecule has 0 saturated carbocycles. The van der Waals surface area contributed by atoms with Gasteiger partial charge in [0.15, 0.2) is 0 Å². The van der Waals surface area contributed by atoms with Gasteiger partial charge in [-0.1, -0.05) is 48.9 Å². The van der Waals surface area contributed by atoms with Crippen molar-refractivity contribution in [1.82, 2.24) is 0 Å². The third-order valence-electron chi connectivity index (χ3n) is 5.44. The minimum absolute atomic E-state index is 0.119. The lowest BCUT2D eigenvalue weighted by Crippen LogP contribution is -2.09. The summed E-state index contributed by atoms with van der Waals surface area (Å²) in [5.41, 5.74) is 1.01. The van der Waals surface area contributed by atoms with Gasteiger partial charge in [-0.05, 0) is 68.8 Å². The average molecular weight is 447 g/mol. The Balaban J connectivity index is 1.61. The van der Waals surface area contributed by atoms with Crippen LogP contribution in [0.15, 0.2) is 94.7 Å². The van der Waals surface area contributed by atoms with E-state index < -0.39 is 9.84 Å². The molecule has 5 heteroatoms. The quantitative estimate of drug-likeness (QED) is 0.308. The molecule has 0 N–H and O–H groups in total. The fourth-order valence-electron chi connectivity index (χ4n) is 3.40. The summed E-state index contributed by atoms with van der Waals surface area (Å²) in [4.78, 5) is 0.510. The number of fused-ring (bicyclic) bond motifs is 1. The number of ether oxygens (including phenoxy) is 2. The van der Waals surface area contributed by atoms with E-state index in [2.05, 4.69) is 6.92 Å². The average Bonchev–Trinajstić information content (AvgIpc) is 2.81. The molecule has 0 saturated heterocycles. The van der Waals surface area contributed by atoms with Crippen LogP contribution < -0.4 is 9.47 Å². The smallest absolute Gasteiger partial charge is 0.206 e. The fraction of sp³-hybridized carbons (Fsp3) is 0.185. The van der Waals surface area contributed by atoms with Crippen LogP contribution in [0.4, 0.5) is 0 Å². The molecule has 0 spiro atoms. The maximum Gasteiger partial charge on any atom is 0.206 e. The lowest BCUT2D eigenvalue weighted by molar-refractivity contribution is 0.220. The fourth-order valence-corrected chi connectivity index (χ4v) is 4.66. The summed E-state index contributed by atoms with van der Waals surface area (Å²) in [6.45, 7) is 6.06. The topological polar surface area (TPSA) is 52.6 Å². The van der Waals surface area contributed by atoms with E-state index in [0.29, 0.717) is 11.5 Å². The molecule has 1 unspecified atom stereocenters. The Labute approximate surface area is 189 Å². The van der Waals surface area contributed by atoms with Gasteiger partial charge in [-0.15, -0.1) is 0 Å². The van der Waals surface area contributed by atoms with Gasteiger partial charge < -0.3 is 9.47 Å². The monoisotopic (exact) mass is 446 g/mol. The molecular weight excluding hydrogens is 420 g/mol. The molecule has 4 rings (SSSR count). The van der Waals surface area contributed by atoms with Crippen LogP contribution in [0.2, 0.25) is 0 Å². The highest BCUT2D eigenvalue weighted by molar-refractivity contribution is 7.91. The van der Waals surface area contributed by atoms with E-state index in [1.54, 1.807) is 48.5 Å². The second-order valence-electron chi connectivity index (χ2n) is 7.83. The number of aryl methyl sites for hydroxylation is 1. The molecule has 0 amide bonds. The molecule has 164 valence electrons. The maximum absolute atomic E-state index is 12.9. The van der Waals surface area contributed by atoms with Crippen LogP contribution in [0.25, 0.3) is 10.8 Å². The first kappa shape index (κ1) is 21.9. The zero-order valence-corrected chi connectivity index (χ0v) is 19.2. The number of hydrogen-bond acceptors (Lipinski definition) is 4. The van der Waals surface area contributed by atoms with Crippen LogP contribution in [0, 0.1) is 6.92 Å². The first-order valence-corrected chi connectivity index (χ1v) is 12.1. The highest BCUT2D eigenvalue weighted by Crippen LogP contribution is 2.36. The molecule has 0 heterocycles. The molecule has 4 aromatic rings. The predicted octanol–water partition coefficient (Wildman–Crippen LogP) is 6.95. The van der Waals surface area contributed by atoms with Crippen molar-refractivity contribution in [3.63, 3.8) is 0 Å². The van der Waals surface area contributed by atoms with Gasteiger partial charge in [-0.25, -0.2) is 8.42 Å². The van der Waals surface area contributed by atoms with Crippen LogP contribution in [0.5, 0.6) is 17.2 Å². The second kappa shape index (κ2) is 9.05. The molecule has 1 atom stereocenters. The number of sulfone groups is 1. The van der Waals surface area contributed by atoms with Gasteiger partial charge in [0.2, 0.25) is 9.84 Å². The Hall–Kier alpha value is -3.31. The second-order valence-corrected chi connectivity index (χ2v) is 9.78. The molecule has 0 aliphatic rings. The van der Waals surface area contributed by atoms with E-state index in [0.717, 1.165) is 28.5 Å². The molecule has 4 nitrogen and oxygen atoms in total. The Bertz CT molecular complexity index is 1320. The van der Waals surface area contributed by atoms with Gasteiger partial charge in [-0.3, -0.25) is 0 Å². The van der Waals surface area contributed by atoms with E-state index in [1.807, 2.05) is 50.2 Å². The Morgan fingerprint density at radius 1 is 0.750 bits per heavy atom. The molecular formula is C27H26O4S. The summed E-state index contributed by atoms with van der Waals surface area (Å²) >= 11 is 0. The Kier molecular flexibility index (Phi) is 6.19. The summed E-state index contributed by atoms with van der Waals surface area (Å²) in [6, 6.07) is 25.1. The van der Waals surface area contributed by atoms with Crippen LogP contribution in [0.1, 0.15) is 25.8 Å². The van der Waals surface area contributed by atoms with Crippen molar-refractivity contribution in [3.8, 4) is 17.2 Å². The van der Waals surface area contributed by atoms with Crippen molar-refractivity contribution in [1.29, 1.82) is 0 Å². The summed E-state index contributed by atoms with van der Waals surface area (Å²) in [5, 5.41) is 1.91. The van der Waals surface area contributed by atoms with E-state index in [-0.39, 0.29) is 15.9 Å². The van der Waals surface area contributed by atoms with Crippen molar-refractivity contribution in [2.24, 2.45) is 0 Å². The summed E-state index contributed by atoms with van der Waals surface area (Å²) in [7, 11) is -3.57. The molecule has 4 aromatic carbocycles. The highest BCUT2D eigenvalue weighted by Gasteiger charge is 2.18. The van der Waals surface area contributed by atoms with E-state index >= 15 is 0 Å². The first-order valence-electron chi connectivity index (χ1n) is 10.7. The number of hydrogen-bond donors (Lipinski definition) is 0. The summed E-state index contributed by atoms with van der Waals surface area (Å²) in [5.74, 6) is 2.07. The molecule has 0 radical (unpaired) electrons. The lowest BCUT2D eigenvalue weighted by Gasteiger charge is -2.16. The van der Waals surface area contributed by atoms with Gasteiger partial charge >= 0.3 is 0 Å². The molecule has 32 heavy (non-hydrogen) atoms. The van der Waals surface area contributed by atoms with E-state index in [1.165, 1.54) is 0 Å². The minimum Gasteiger partial charge on any atom is -0.490 e. The van der Waals surface area contributed by atoms with Crippen LogP contribution in [-0.2, 0) is 9.84 Å². The van der Waals surface area contributed by atoms with Gasteiger partial charge in [0, 0.05) is 10.8 Å². The zero-order valence-electron chi connectivity index (χ0n) is 18.4. The van der Waals surface area contributed by atoms with Crippen molar-refractivity contribution < 1.29 is 17.9 Å². The zero-order chi connectivity index (χ0) is 22.7. The lowest BCUT2D eigenvalue weighted by atomic mass is 10.1. The van der Waals surface area contributed by atoms with Crippen molar-refractivity contribution in [3.05, 3.63) is 90.5 Å². The van der Waals surface area contributed by atoms with Gasteiger partial charge in [0.05, 0.1) is 15.9 Å². The highest BCUT2D eigenvalue weighted by atomic mass is 32.2. The van der Waals surface area contributed by atoms with Gasteiger partial charge in [0.1, 0.15) is 17.2 Å². The van der Waals surface area contributed by atoms with Crippen molar-refractivity contribution >= 4 is 20.6 Å². The molecule has 0 aromatic heterocycles. The van der Waals surface area contributed by atoms with Crippen LogP contribution in [-0.4, -0.2) is 14.5 Å². The molecule has 0 fully saturated rings. The Morgan fingerprint density at radius 2 is 1.28 bits per heavy atom. The van der Waals surface area contributed by atoms with Crippen molar-refractivity contribution in [2.75, 3.05) is 0 Å². The van der Waals surface area contributed by atoms with Gasteiger partial charge in [0.25, 0.3) is 0 Å². The third kappa shape index (κ3) is 4.48. The van der Waals surface area contributed by atoms with E-state index in [4.69, 9.17) is 9.47 Å². The first-order chi connectivity index (χ1) is 15.4. The normalized spacial score (nSPS) is 12.5. The SMILES string of the molecule is CCC(C)Oc1ccc(Oc2ccc(S(=O)(=O)c3ccc(C)cc3)cc2)c2ccccc12. The third-order valence-corrected chi connectivity index (χ3v) is 7.23. The van der Waals surface area contributed by atoms with Crippen LogP contribution >= 0.6 is 0 Å². The van der Waals surface area contributed by atoms with Crippen molar-refractivity contribution in [2.45, 2.75) is 43.1 Å². The van der Waals surface area contributed by atoms with Gasteiger partial charge in [-0.2, -0.15) is 0 Å².